The second-order valence-corrected chi connectivity index (χ2v) is 3.78. The minimum atomic E-state index is -4.93. The highest BCUT2D eigenvalue weighted by Gasteiger charge is 2.49. The molecule has 1 aromatic carbocycles. The molecule has 0 aliphatic rings. The number of halogens is 7. The monoisotopic (exact) mass is 288 g/mol. The van der Waals surface area contributed by atoms with Crippen LogP contribution >= 0.6 is 0 Å². The molecular weight excluding hydrogens is 281 g/mol. The number of Topliss-reactive ketones (excluding diaryl/α,β-unsaturated/α-hetero) is 1. The minimum Gasteiger partial charge on any atom is -0.287 e. The van der Waals surface area contributed by atoms with Gasteiger partial charge in [-0.2, -0.15) is 22.0 Å². The lowest BCUT2D eigenvalue weighted by atomic mass is 9.98. The van der Waals surface area contributed by atoms with Crippen LogP contribution in [0.1, 0.15) is 21.5 Å². The van der Waals surface area contributed by atoms with Gasteiger partial charge in [-0.15, -0.1) is 0 Å². The standard InChI is InChI=1S/C11H7F7O/c1-5-4-6(11(16,17)18)2-3-7(5)8(19)10(14,15)9(12)13/h2-4,9H,1H3. The SMILES string of the molecule is Cc1cc(C(F)(F)F)ccc1C(=O)C(F)(F)C(F)F. The minimum absolute atomic E-state index is 0.391. The Balaban J connectivity index is 3.21. The third-order valence-electron chi connectivity index (χ3n) is 2.38. The first-order chi connectivity index (χ1) is 8.48. The Morgan fingerprint density at radius 2 is 1.63 bits per heavy atom. The first-order valence-electron chi connectivity index (χ1n) is 4.86. The van der Waals surface area contributed by atoms with Crippen molar-refractivity contribution in [3.05, 3.63) is 34.9 Å². The predicted molar refractivity (Wildman–Crippen MR) is 51.5 cm³/mol. The van der Waals surface area contributed by atoms with Crippen molar-refractivity contribution in [3.8, 4) is 0 Å². The molecule has 0 saturated carbocycles. The van der Waals surface area contributed by atoms with Crippen LogP contribution < -0.4 is 0 Å². The lowest BCUT2D eigenvalue weighted by molar-refractivity contribution is -0.137. The first kappa shape index (κ1) is 15.5. The molecular formula is C11H7F7O. The molecule has 1 aromatic rings. The van der Waals surface area contributed by atoms with Crippen LogP contribution in [0.15, 0.2) is 18.2 Å². The van der Waals surface area contributed by atoms with Gasteiger partial charge in [-0.3, -0.25) is 4.79 Å². The van der Waals surface area contributed by atoms with Crippen molar-refractivity contribution >= 4 is 5.78 Å². The molecule has 0 N–H and O–H groups in total. The molecule has 0 aliphatic carbocycles. The van der Waals surface area contributed by atoms with Gasteiger partial charge >= 0.3 is 18.5 Å². The fourth-order valence-electron chi connectivity index (χ4n) is 1.37. The highest BCUT2D eigenvalue weighted by Crippen LogP contribution is 2.33. The van der Waals surface area contributed by atoms with Crippen LogP contribution in [0, 0.1) is 6.92 Å². The van der Waals surface area contributed by atoms with E-state index in [0.29, 0.717) is 18.2 Å². The summed E-state index contributed by atoms with van der Waals surface area (Å²) in [6.07, 6.45) is -8.93. The maximum absolute atomic E-state index is 12.8. The summed E-state index contributed by atoms with van der Waals surface area (Å²) < 4.78 is 86.6. The number of aryl methyl sites for hydroxylation is 1. The highest BCUT2D eigenvalue weighted by molar-refractivity contribution is 6.02. The molecule has 0 aliphatic heterocycles. The van der Waals surface area contributed by atoms with Crippen molar-refractivity contribution in [1.82, 2.24) is 0 Å². The zero-order valence-corrected chi connectivity index (χ0v) is 9.36. The molecule has 0 heterocycles. The number of carbonyl (C=O) groups excluding carboxylic acids is 1. The summed E-state index contributed by atoms with van der Waals surface area (Å²) in [7, 11) is 0. The summed E-state index contributed by atoms with van der Waals surface area (Å²) in [4.78, 5) is 11.2. The Bertz CT molecular complexity index is 490. The predicted octanol–water partition coefficient (Wildman–Crippen LogP) is 4.10. The largest absolute Gasteiger partial charge is 0.416 e. The summed E-state index contributed by atoms with van der Waals surface area (Å²) in [5.41, 5.74) is -2.46. The molecule has 0 atom stereocenters. The van der Waals surface area contributed by atoms with Crippen LogP contribution in [0.5, 0.6) is 0 Å². The normalized spacial score (nSPS) is 12.9. The fourth-order valence-corrected chi connectivity index (χ4v) is 1.37. The zero-order chi connectivity index (χ0) is 15.0. The van der Waals surface area contributed by atoms with Gasteiger partial charge in [0.2, 0.25) is 5.78 Å². The van der Waals surface area contributed by atoms with E-state index < -0.39 is 41.0 Å². The Morgan fingerprint density at radius 1 is 1.11 bits per heavy atom. The summed E-state index contributed by atoms with van der Waals surface area (Å²) >= 11 is 0. The Kier molecular flexibility index (Phi) is 3.92. The van der Waals surface area contributed by atoms with Gasteiger partial charge in [-0.1, -0.05) is 6.07 Å². The molecule has 8 heteroatoms. The number of alkyl halides is 7. The number of hydrogen-bond acceptors (Lipinski definition) is 1. The van der Waals surface area contributed by atoms with E-state index in [-0.39, 0.29) is 0 Å². The van der Waals surface area contributed by atoms with E-state index in [9.17, 15) is 35.5 Å². The van der Waals surface area contributed by atoms with Crippen LogP contribution in [-0.2, 0) is 6.18 Å². The summed E-state index contributed by atoms with van der Waals surface area (Å²) in [6.45, 7) is 0.962. The van der Waals surface area contributed by atoms with Crippen LogP contribution in [0.3, 0.4) is 0 Å². The average Bonchev–Trinajstić information content (AvgIpc) is 2.26. The zero-order valence-electron chi connectivity index (χ0n) is 9.36. The van der Waals surface area contributed by atoms with E-state index in [0.717, 1.165) is 6.92 Å². The van der Waals surface area contributed by atoms with Gasteiger partial charge in [0.1, 0.15) is 0 Å². The molecule has 1 nitrogen and oxygen atoms in total. The third kappa shape index (κ3) is 3.05. The molecule has 0 aromatic heterocycles. The van der Waals surface area contributed by atoms with Crippen molar-refractivity contribution in [1.29, 1.82) is 0 Å². The quantitative estimate of drug-likeness (QED) is 0.604. The van der Waals surface area contributed by atoms with E-state index in [1.807, 2.05) is 0 Å². The fraction of sp³-hybridized carbons (Fsp3) is 0.364. The van der Waals surface area contributed by atoms with Crippen molar-refractivity contribution < 1.29 is 35.5 Å². The molecule has 0 bridgehead atoms. The van der Waals surface area contributed by atoms with Crippen molar-refractivity contribution in [2.24, 2.45) is 0 Å². The van der Waals surface area contributed by atoms with E-state index in [2.05, 4.69) is 0 Å². The number of hydrogen-bond donors (Lipinski definition) is 0. The Hall–Kier alpha value is -1.60. The number of benzene rings is 1. The van der Waals surface area contributed by atoms with Gasteiger partial charge in [0.25, 0.3) is 0 Å². The topological polar surface area (TPSA) is 17.1 Å². The van der Waals surface area contributed by atoms with Crippen molar-refractivity contribution in [3.63, 3.8) is 0 Å². The molecule has 1 rings (SSSR count). The summed E-state index contributed by atoms with van der Waals surface area (Å²) in [6, 6.07) is 1.31. The van der Waals surface area contributed by atoms with Gasteiger partial charge in [-0.05, 0) is 24.6 Å². The van der Waals surface area contributed by atoms with Gasteiger partial charge < -0.3 is 0 Å². The molecule has 0 radical (unpaired) electrons. The lowest BCUT2D eigenvalue weighted by Gasteiger charge is -2.16. The van der Waals surface area contributed by atoms with Gasteiger partial charge in [-0.25, -0.2) is 8.78 Å². The molecule has 106 valence electrons. The molecule has 19 heavy (non-hydrogen) atoms. The number of rotatable bonds is 3. The lowest BCUT2D eigenvalue weighted by Crippen LogP contribution is -2.37. The molecule has 0 spiro atoms. The van der Waals surface area contributed by atoms with Gasteiger partial charge in [0.05, 0.1) is 5.56 Å². The second kappa shape index (κ2) is 4.82. The molecule has 0 unspecified atom stereocenters. The van der Waals surface area contributed by atoms with Crippen molar-refractivity contribution in [2.75, 3.05) is 0 Å². The van der Waals surface area contributed by atoms with E-state index in [4.69, 9.17) is 0 Å². The Morgan fingerprint density at radius 3 is 2.00 bits per heavy atom. The van der Waals surface area contributed by atoms with Crippen LogP contribution in [-0.4, -0.2) is 18.1 Å². The van der Waals surface area contributed by atoms with Gasteiger partial charge in [0, 0.05) is 5.56 Å². The summed E-state index contributed by atoms with van der Waals surface area (Å²) in [5, 5.41) is 0. The van der Waals surface area contributed by atoms with Crippen molar-refractivity contribution in [2.45, 2.75) is 25.4 Å². The van der Waals surface area contributed by atoms with E-state index in [1.165, 1.54) is 0 Å². The third-order valence-corrected chi connectivity index (χ3v) is 2.38. The molecule has 0 saturated heterocycles. The van der Waals surface area contributed by atoms with Crippen LogP contribution in [0.4, 0.5) is 30.7 Å². The molecule has 0 fully saturated rings. The highest BCUT2D eigenvalue weighted by atomic mass is 19.4. The van der Waals surface area contributed by atoms with E-state index >= 15 is 0 Å². The van der Waals surface area contributed by atoms with Crippen LogP contribution in [0.25, 0.3) is 0 Å². The first-order valence-corrected chi connectivity index (χ1v) is 4.86. The average molecular weight is 288 g/mol. The summed E-state index contributed by atoms with van der Waals surface area (Å²) in [5.74, 6) is -7.13. The van der Waals surface area contributed by atoms with E-state index in [1.54, 1.807) is 0 Å². The maximum Gasteiger partial charge on any atom is 0.416 e. The van der Waals surface area contributed by atoms with Gasteiger partial charge in [0.15, 0.2) is 0 Å². The maximum atomic E-state index is 12.8. The Labute approximate surface area is 103 Å². The second-order valence-electron chi connectivity index (χ2n) is 3.78. The smallest absolute Gasteiger partial charge is 0.287 e. The number of ketones is 1. The number of carbonyl (C=O) groups is 1. The molecule has 0 amide bonds. The van der Waals surface area contributed by atoms with Crippen LogP contribution in [0.2, 0.25) is 0 Å².